The summed E-state index contributed by atoms with van der Waals surface area (Å²) < 4.78 is 0. The van der Waals surface area contributed by atoms with Crippen molar-refractivity contribution in [1.82, 2.24) is 4.98 Å². The van der Waals surface area contributed by atoms with Gasteiger partial charge >= 0.3 is 5.97 Å². The van der Waals surface area contributed by atoms with Crippen LogP contribution in [0.15, 0.2) is 24.3 Å². The van der Waals surface area contributed by atoms with Crippen molar-refractivity contribution in [3.05, 3.63) is 46.0 Å². The SMILES string of the molecule is Cc1sc(NC2CCCc3ccccc32)nc1C(=O)O. The third-order valence-corrected chi connectivity index (χ3v) is 4.57. The van der Waals surface area contributed by atoms with Gasteiger partial charge in [0.2, 0.25) is 0 Å². The summed E-state index contributed by atoms with van der Waals surface area (Å²) in [4.78, 5) is 16.0. The van der Waals surface area contributed by atoms with Crippen LogP contribution in [-0.2, 0) is 6.42 Å². The van der Waals surface area contributed by atoms with Crippen molar-refractivity contribution in [2.45, 2.75) is 32.2 Å². The molecular formula is C15H16N2O2S. The van der Waals surface area contributed by atoms with Crippen LogP contribution >= 0.6 is 11.3 Å². The molecule has 0 aliphatic heterocycles. The zero-order chi connectivity index (χ0) is 14.1. The summed E-state index contributed by atoms with van der Waals surface area (Å²) in [6, 6.07) is 8.66. The van der Waals surface area contributed by atoms with E-state index in [1.54, 1.807) is 6.92 Å². The van der Waals surface area contributed by atoms with E-state index in [1.807, 2.05) is 0 Å². The van der Waals surface area contributed by atoms with E-state index in [4.69, 9.17) is 5.11 Å². The van der Waals surface area contributed by atoms with Gasteiger partial charge < -0.3 is 10.4 Å². The Morgan fingerprint density at radius 1 is 1.45 bits per heavy atom. The van der Waals surface area contributed by atoms with Gasteiger partial charge in [-0.25, -0.2) is 9.78 Å². The van der Waals surface area contributed by atoms with Crippen LogP contribution in [0.5, 0.6) is 0 Å². The van der Waals surface area contributed by atoms with Gasteiger partial charge in [0, 0.05) is 4.88 Å². The van der Waals surface area contributed by atoms with Crippen LogP contribution in [0, 0.1) is 6.92 Å². The summed E-state index contributed by atoms with van der Waals surface area (Å²) in [5, 5.41) is 13.2. The summed E-state index contributed by atoms with van der Waals surface area (Å²) in [5.41, 5.74) is 2.84. The second-order valence-corrected chi connectivity index (χ2v) is 6.22. The lowest BCUT2D eigenvalue weighted by molar-refractivity contribution is 0.0690. The number of carboxylic acids is 1. The molecule has 0 saturated heterocycles. The molecule has 0 radical (unpaired) electrons. The number of aromatic carboxylic acids is 1. The first-order chi connectivity index (χ1) is 9.65. The number of thiazole rings is 1. The molecule has 1 unspecified atom stereocenters. The van der Waals surface area contributed by atoms with Crippen LogP contribution in [0.3, 0.4) is 0 Å². The topological polar surface area (TPSA) is 62.2 Å². The predicted molar refractivity (Wildman–Crippen MR) is 79.6 cm³/mol. The van der Waals surface area contributed by atoms with Crippen LogP contribution in [0.4, 0.5) is 5.13 Å². The lowest BCUT2D eigenvalue weighted by Gasteiger charge is -2.26. The summed E-state index contributed by atoms with van der Waals surface area (Å²) >= 11 is 1.41. The minimum Gasteiger partial charge on any atom is -0.476 e. The number of aromatic nitrogens is 1. The largest absolute Gasteiger partial charge is 0.476 e. The normalized spacial score (nSPS) is 17.6. The number of benzene rings is 1. The smallest absolute Gasteiger partial charge is 0.355 e. The zero-order valence-corrected chi connectivity index (χ0v) is 12.0. The lowest BCUT2D eigenvalue weighted by atomic mass is 9.88. The van der Waals surface area contributed by atoms with E-state index in [-0.39, 0.29) is 11.7 Å². The molecule has 2 N–H and O–H groups in total. The van der Waals surface area contributed by atoms with Crippen molar-refractivity contribution < 1.29 is 9.90 Å². The van der Waals surface area contributed by atoms with Crippen molar-refractivity contribution in [2.75, 3.05) is 5.32 Å². The fourth-order valence-electron chi connectivity index (χ4n) is 2.71. The molecule has 0 fully saturated rings. The minimum absolute atomic E-state index is 0.154. The summed E-state index contributed by atoms with van der Waals surface area (Å²) in [5.74, 6) is -0.962. The predicted octanol–water partition coefficient (Wildman–Crippen LogP) is 3.64. The van der Waals surface area contributed by atoms with Crippen LogP contribution in [0.2, 0.25) is 0 Å². The van der Waals surface area contributed by atoms with Crippen LogP contribution < -0.4 is 5.32 Å². The number of carbonyl (C=O) groups is 1. The highest BCUT2D eigenvalue weighted by atomic mass is 32.1. The zero-order valence-electron chi connectivity index (χ0n) is 11.2. The second-order valence-electron chi connectivity index (χ2n) is 5.02. The fourth-order valence-corrected chi connectivity index (χ4v) is 3.57. The molecule has 1 atom stereocenters. The number of carboxylic acid groups (broad SMARTS) is 1. The Labute approximate surface area is 121 Å². The van der Waals surface area contributed by atoms with Crippen LogP contribution in [-0.4, -0.2) is 16.1 Å². The lowest BCUT2D eigenvalue weighted by Crippen LogP contribution is -2.17. The molecule has 1 aliphatic rings. The maximum Gasteiger partial charge on any atom is 0.355 e. The Morgan fingerprint density at radius 2 is 2.25 bits per heavy atom. The van der Waals surface area contributed by atoms with E-state index >= 15 is 0 Å². The van der Waals surface area contributed by atoms with E-state index in [1.165, 1.54) is 22.5 Å². The number of rotatable bonds is 3. The monoisotopic (exact) mass is 288 g/mol. The Morgan fingerprint density at radius 3 is 3.00 bits per heavy atom. The first kappa shape index (κ1) is 13.1. The van der Waals surface area contributed by atoms with Gasteiger partial charge in [-0.2, -0.15) is 0 Å². The van der Waals surface area contributed by atoms with Gasteiger partial charge in [-0.15, -0.1) is 11.3 Å². The quantitative estimate of drug-likeness (QED) is 0.905. The van der Waals surface area contributed by atoms with Crippen molar-refractivity contribution in [1.29, 1.82) is 0 Å². The molecule has 4 nitrogen and oxygen atoms in total. The molecule has 1 aromatic carbocycles. The number of fused-ring (bicyclic) bond motifs is 1. The Hall–Kier alpha value is -1.88. The van der Waals surface area contributed by atoms with Gasteiger partial charge in [0.25, 0.3) is 0 Å². The average molecular weight is 288 g/mol. The molecule has 2 aromatic rings. The Kier molecular flexibility index (Phi) is 3.44. The third-order valence-electron chi connectivity index (χ3n) is 3.67. The number of anilines is 1. The fraction of sp³-hybridized carbons (Fsp3) is 0.333. The molecule has 0 spiro atoms. The summed E-state index contributed by atoms with van der Waals surface area (Å²) in [7, 11) is 0. The van der Waals surface area contributed by atoms with Crippen molar-refractivity contribution >= 4 is 22.4 Å². The van der Waals surface area contributed by atoms with E-state index in [2.05, 4.69) is 34.6 Å². The maximum absolute atomic E-state index is 11.0. The molecule has 0 amide bonds. The highest BCUT2D eigenvalue weighted by Crippen LogP contribution is 2.34. The van der Waals surface area contributed by atoms with Gasteiger partial charge in [0.05, 0.1) is 6.04 Å². The van der Waals surface area contributed by atoms with Gasteiger partial charge in [0.1, 0.15) is 0 Å². The molecule has 1 aromatic heterocycles. The van der Waals surface area contributed by atoms with E-state index in [9.17, 15) is 4.79 Å². The highest BCUT2D eigenvalue weighted by Gasteiger charge is 2.22. The van der Waals surface area contributed by atoms with Crippen molar-refractivity contribution in [3.63, 3.8) is 0 Å². The number of hydrogen-bond acceptors (Lipinski definition) is 4. The molecule has 0 bridgehead atoms. The molecule has 20 heavy (non-hydrogen) atoms. The molecule has 104 valence electrons. The van der Waals surface area contributed by atoms with Gasteiger partial charge in [0.15, 0.2) is 10.8 Å². The second kappa shape index (κ2) is 5.25. The number of nitrogens with zero attached hydrogens (tertiary/aromatic N) is 1. The molecule has 0 saturated carbocycles. The van der Waals surface area contributed by atoms with Gasteiger partial charge in [-0.3, -0.25) is 0 Å². The standard InChI is InChI=1S/C15H16N2O2S/c1-9-13(14(18)19)17-15(20-9)16-12-8-4-6-10-5-2-3-7-11(10)12/h2-3,5,7,12H,4,6,8H2,1H3,(H,16,17)(H,18,19). The number of nitrogens with one attached hydrogen (secondary N) is 1. The highest BCUT2D eigenvalue weighted by molar-refractivity contribution is 7.15. The maximum atomic E-state index is 11.0. The number of hydrogen-bond donors (Lipinski definition) is 2. The van der Waals surface area contributed by atoms with E-state index in [0.717, 1.165) is 24.1 Å². The summed E-state index contributed by atoms with van der Waals surface area (Å²) in [6.07, 6.45) is 3.31. The molecule has 1 aliphatic carbocycles. The summed E-state index contributed by atoms with van der Waals surface area (Å²) in [6.45, 7) is 1.79. The Bertz CT molecular complexity index is 651. The van der Waals surface area contributed by atoms with E-state index in [0.29, 0.717) is 5.13 Å². The van der Waals surface area contributed by atoms with Crippen LogP contribution in [0.1, 0.15) is 45.4 Å². The molecule has 3 rings (SSSR count). The van der Waals surface area contributed by atoms with E-state index < -0.39 is 5.97 Å². The van der Waals surface area contributed by atoms with Crippen molar-refractivity contribution in [3.8, 4) is 0 Å². The third kappa shape index (κ3) is 2.41. The molecule has 1 heterocycles. The minimum atomic E-state index is -0.962. The van der Waals surface area contributed by atoms with Crippen molar-refractivity contribution in [2.24, 2.45) is 0 Å². The molecular weight excluding hydrogens is 272 g/mol. The van der Waals surface area contributed by atoms with Gasteiger partial charge in [-0.1, -0.05) is 24.3 Å². The number of aryl methyl sites for hydroxylation is 2. The van der Waals surface area contributed by atoms with Gasteiger partial charge in [-0.05, 0) is 37.3 Å². The molecule has 5 heteroatoms. The first-order valence-electron chi connectivity index (χ1n) is 6.70. The first-order valence-corrected chi connectivity index (χ1v) is 7.52. The Balaban J connectivity index is 1.86. The van der Waals surface area contributed by atoms with Crippen LogP contribution in [0.25, 0.3) is 0 Å². The average Bonchev–Trinajstić information content (AvgIpc) is 2.80.